The number of halogens is 2. The van der Waals surface area contributed by atoms with Gasteiger partial charge in [0.2, 0.25) is 0 Å². The molecule has 0 saturated carbocycles. The fourth-order valence-electron chi connectivity index (χ4n) is 2.57. The number of nitrogens with one attached hydrogen (secondary N) is 2. The van der Waals surface area contributed by atoms with Crippen molar-refractivity contribution < 1.29 is 9.90 Å². The Hall–Kier alpha value is -1.63. The minimum atomic E-state index is -0.920. The molecule has 0 heterocycles. The molecular weight excluding hydrogens is 424 g/mol. The molecule has 0 bridgehead atoms. The number of aliphatic carboxylic acids is 1. The number of rotatable bonds is 5. The van der Waals surface area contributed by atoms with Crippen LogP contribution in [0.15, 0.2) is 40.9 Å². The Kier molecular flexibility index (Phi) is 6.81. The summed E-state index contributed by atoms with van der Waals surface area (Å²) in [7, 11) is 0. The Morgan fingerprint density at radius 2 is 1.92 bits per heavy atom. The SMILES string of the molecule is Cc1cc(Br)cc(C)c1NC(=S)N[C@@H](CC(=O)O)c1cccc(Cl)c1. The zero-order chi connectivity index (χ0) is 18.6. The first-order valence-corrected chi connectivity index (χ1v) is 9.15. The third kappa shape index (κ3) is 5.70. The summed E-state index contributed by atoms with van der Waals surface area (Å²) in [6.07, 6.45) is -0.111. The molecule has 2 rings (SSSR count). The van der Waals surface area contributed by atoms with Gasteiger partial charge in [0.05, 0.1) is 12.5 Å². The van der Waals surface area contributed by atoms with Crippen LogP contribution in [0.25, 0.3) is 0 Å². The van der Waals surface area contributed by atoms with Gasteiger partial charge in [0.25, 0.3) is 0 Å². The standard InChI is InChI=1S/C18H18BrClN2O2S/c1-10-6-13(19)7-11(2)17(10)22-18(25)21-15(9-16(23)24)12-4-3-5-14(20)8-12/h3-8,15H,9H2,1-2H3,(H,23,24)(H2,21,22,25)/t15-/m0/s1. The first kappa shape index (κ1) is 19.7. The van der Waals surface area contributed by atoms with Gasteiger partial charge >= 0.3 is 5.97 Å². The van der Waals surface area contributed by atoms with Crippen LogP contribution < -0.4 is 10.6 Å². The second-order valence-electron chi connectivity index (χ2n) is 5.72. The molecule has 7 heteroatoms. The highest BCUT2D eigenvalue weighted by Crippen LogP contribution is 2.26. The molecule has 132 valence electrons. The monoisotopic (exact) mass is 440 g/mol. The van der Waals surface area contributed by atoms with Crippen molar-refractivity contribution in [2.24, 2.45) is 0 Å². The smallest absolute Gasteiger partial charge is 0.305 e. The Bertz CT molecular complexity index is 790. The van der Waals surface area contributed by atoms with Crippen molar-refractivity contribution in [3.63, 3.8) is 0 Å². The lowest BCUT2D eigenvalue weighted by molar-refractivity contribution is -0.137. The Morgan fingerprint density at radius 3 is 2.48 bits per heavy atom. The molecule has 3 N–H and O–H groups in total. The first-order valence-electron chi connectivity index (χ1n) is 7.58. The van der Waals surface area contributed by atoms with Gasteiger partial charge in [-0.25, -0.2) is 0 Å². The molecular formula is C18H18BrClN2O2S. The molecule has 1 atom stereocenters. The second kappa shape index (κ2) is 8.65. The van der Waals surface area contributed by atoms with E-state index in [2.05, 4.69) is 26.6 Å². The molecule has 0 aliphatic carbocycles. The Labute approximate surface area is 165 Å². The summed E-state index contributed by atoms with van der Waals surface area (Å²) in [4.78, 5) is 11.2. The summed E-state index contributed by atoms with van der Waals surface area (Å²) in [6.45, 7) is 3.96. The molecule has 0 saturated heterocycles. The highest BCUT2D eigenvalue weighted by Gasteiger charge is 2.17. The molecule has 0 radical (unpaired) electrons. The van der Waals surface area contributed by atoms with Gasteiger partial charge < -0.3 is 15.7 Å². The van der Waals surface area contributed by atoms with Gasteiger partial charge in [0.15, 0.2) is 5.11 Å². The zero-order valence-electron chi connectivity index (χ0n) is 13.8. The number of carbonyl (C=O) groups is 1. The van der Waals surface area contributed by atoms with E-state index in [9.17, 15) is 9.90 Å². The summed E-state index contributed by atoms with van der Waals surface area (Å²) in [5.74, 6) is -0.920. The number of thiocarbonyl (C=S) groups is 1. The minimum absolute atomic E-state index is 0.111. The van der Waals surface area contributed by atoms with Crippen molar-refractivity contribution in [1.82, 2.24) is 5.32 Å². The number of carboxylic acid groups (broad SMARTS) is 1. The average molecular weight is 442 g/mol. The van der Waals surface area contributed by atoms with Gasteiger partial charge in [-0.15, -0.1) is 0 Å². The third-order valence-electron chi connectivity index (χ3n) is 3.67. The molecule has 0 aliphatic heterocycles. The molecule has 25 heavy (non-hydrogen) atoms. The number of hydrogen-bond acceptors (Lipinski definition) is 2. The third-order valence-corrected chi connectivity index (χ3v) is 4.58. The number of carboxylic acids is 1. The quantitative estimate of drug-likeness (QED) is 0.555. The van der Waals surface area contributed by atoms with Gasteiger partial charge in [0, 0.05) is 15.2 Å². The van der Waals surface area contributed by atoms with Crippen LogP contribution in [-0.2, 0) is 4.79 Å². The fraction of sp³-hybridized carbons (Fsp3) is 0.222. The van der Waals surface area contributed by atoms with Gasteiger partial charge in [-0.2, -0.15) is 0 Å². The van der Waals surface area contributed by atoms with E-state index < -0.39 is 12.0 Å². The van der Waals surface area contributed by atoms with Crippen molar-refractivity contribution >= 4 is 56.5 Å². The van der Waals surface area contributed by atoms with E-state index in [1.165, 1.54) is 0 Å². The maximum Gasteiger partial charge on any atom is 0.305 e. The Morgan fingerprint density at radius 1 is 1.28 bits per heavy atom. The van der Waals surface area contributed by atoms with Crippen LogP contribution in [0.1, 0.15) is 29.2 Å². The minimum Gasteiger partial charge on any atom is -0.481 e. The molecule has 0 amide bonds. The highest BCUT2D eigenvalue weighted by atomic mass is 79.9. The molecule has 0 aromatic heterocycles. The number of benzene rings is 2. The van der Waals surface area contributed by atoms with Gasteiger partial charge in [0.1, 0.15) is 0 Å². The van der Waals surface area contributed by atoms with E-state index in [1.807, 2.05) is 32.0 Å². The molecule has 2 aromatic rings. The van der Waals surface area contributed by atoms with Crippen LogP contribution in [0.3, 0.4) is 0 Å². The lowest BCUT2D eigenvalue weighted by atomic mass is 10.0. The van der Waals surface area contributed by atoms with E-state index in [1.54, 1.807) is 18.2 Å². The van der Waals surface area contributed by atoms with Crippen LogP contribution in [0.4, 0.5) is 5.69 Å². The van der Waals surface area contributed by atoms with Crippen LogP contribution in [0, 0.1) is 13.8 Å². The van der Waals surface area contributed by atoms with Crippen LogP contribution in [0.5, 0.6) is 0 Å². The summed E-state index contributed by atoms with van der Waals surface area (Å²) < 4.78 is 0.995. The fourth-order valence-corrected chi connectivity index (χ4v) is 3.70. The number of hydrogen-bond donors (Lipinski definition) is 3. The lowest BCUT2D eigenvalue weighted by Crippen LogP contribution is -2.34. The van der Waals surface area contributed by atoms with Crippen LogP contribution >= 0.6 is 39.7 Å². The van der Waals surface area contributed by atoms with Crippen LogP contribution in [-0.4, -0.2) is 16.2 Å². The van der Waals surface area contributed by atoms with E-state index in [-0.39, 0.29) is 6.42 Å². The summed E-state index contributed by atoms with van der Waals surface area (Å²) in [6, 6.07) is 10.6. The molecule has 0 unspecified atom stereocenters. The number of anilines is 1. The predicted molar refractivity (Wildman–Crippen MR) is 109 cm³/mol. The molecule has 0 spiro atoms. The molecule has 2 aromatic carbocycles. The van der Waals surface area contributed by atoms with Crippen molar-refractivity contribution in [2.45, 2.75) is 26.3 Å². The van der Waals surface area contributed by atoms with Gasteiger partial charge in [-0.1, -0.05) is 39.7 Å². The van der Waals surface area contributed by atoms with Crippen LogP contribution in [0.2, 0.25) is 5.02 Å². The van der Waals surface area contributed by atoms with Crippen molar-refractivity contribution in [3.05, 3.63) is 62.6 Å². The summed E-state index contributed by atoms with van der Waals surface area (Å²) >= 11 is 14.9. The molecule has 0 aliphatic rings. The van der Waals surface area contributed by atoms with E-state index in [4.69, 9.17) is 23.8 Å². The van der Waals surface area contributed by atoms with Gasteiger partial charge in [-0.05, 0) is 67.0 Å². The van der Waals surface area contributed by atoms with Gasteiger partial charge in [-0.3, -0.25) is 4.79 Å². The summed E-state index contributed by atoms with van der Waals surface area (Å²) in [5.41, 5.74) is 3.74. The largest absolute Gasteiger partial charge is 0.481 e. The van der Waals surface area contributed by atoms with Crippen molar-refractivity contribution in [1.29, 1.82) is 0 Å². The summed E-state index contributed by atoms with van der Waals surface area (Å²) in [5, 5.41) is 16.4. The first-order chi connectivity index (χ1) is 11.8. The predicted octanol–water partition coefficient (Wildman–Crippen LogP) is 5.22. The van der Waals surface area contributed by atoms with Crippen molar-refractivity contribution in [2.75, 3.05) is 5.32 Å². The normalized spacial score (nSPS) is 11.7. The highest BCUT2D eigenvalue weighted by molar-refractivity contribution is 9.10. The maximum atomic E-state index is 11.2. The second-order valence-corrected chi connectivity index (χ2v) is 7.48. The molecule has 4 nitrogen and oxygen atoms in total. The van der Waals surface area contributed by atoms with E-state index in [0.717, 1.165) is 26.9 Å². The topological polar surface area (TPSA) is 61.4 Å². The van der Waals surface area contributed by atoms with E-state index >= 15 is 0 Å². The van der Waals surface area contributed by atoms with E-state index in [0.29, 0.717) is 10.1 Å². The number of aryl methyl sites for hydroxylation is 2. The Balaban J connectivity index is 2.19. The lowest BCUT2D eigenvalue weighted by Gasteiger charge is -2.21. The zero-order valence-corrected chi connectivity index (χ0v) is 16.9. The maximum absolute atomic E-state index is 11.2. The molecule has 0 fully saturated rings. The van der Waals surface area contributed by atoms with Crippen molar-refractivity contribution in [3.8, 4) is 0 Å². The average Bonchev–Trinajstić information content (AvgIpc) is 2.50.